The van der Waals surface area contributed by atoms with Crippen molar-refractivity contribution in [3.05, 3.63) is 59.7 Å². The summed E-state index contributed by atoms with van der Waals surface area (Å²) in [5.41, 5.74) is 2.78. The Morgan fingerprint density at radius 3 is 2.11 bits per heavy atom. The van der Waals surface area contributed by atoms with Crippen molar-refractivity contribution < 1.29 is 3.82 Å². The van der Waals surface area contributed by atoms with Crippen LogP contribution < -0.4 is 8.92 Å². The van der Waals surface area contributed by atoms with Crippen LogP contribution in [0.15, 0.2) is 48.5 Å². The molecule has 0 radical (unpaired) electrons. The standard InChI is InChI=1S/C15H13ClOSe/c16-18-14-7-3-1-5-12(14)11(9-10-17-18)13-6-2-4-8-15(13)18/h1-8,11H,9-10H2. The Morgan fingerprint density at radius 1 is 0.944 bits per heavy atom. The number of halogens is 1. The normalized spacial score (nSPS) is 31.9. The summed E-state index contributed by atoms with van der Waals surface area (Å²) in [6, 6.07) is 17.1. The predicted molar refractivity (Wildman–Crippen MR) is 76.2 cm³/mol. The SMILES string of the molecule is Cl[Se]12OCCC(c3ccccc31)c1ccccc12. The van der Waals surface area contributed by atoms with Gasteiger partial charge in [0.05, 0.1) is 0 Å². The zero-order valence-corrected chi connectivity index (χ0v) is 12.3. The molecule has 0 N–H and O–H groups in total. The molecular weight excluding hydrogens is 311 g/mol. The third kappa shape index (κ3) is 1.32. The molecule has 0 saturated heterocycles. The fourth-order valence-corrected chi connectivity index (χ4v) is 9.74. The van der Waals surface area contributed by atoms with E-state index in [9.17, 15) is 0 Å². The molecular formula is C15H13ClOSe. The van der Waals surface area contributed by atoms with Gasteiger partial charge in [-0.2, -0.15) is 0 Å². The summed E-state index contributed by atoms with van der Waals surface area (Å²) in [7, 11) is 7.00. The van der Waals surface area contributed by atoms with E-state index in [1.54, 1.807) is 0 Å². The Morgan fingerprint density at radius 2 is 1.50 bits per heavy atom. The van der Waals surface area contributed by atoms with Crippen LogP contribution in [0.5, 0.6) is 0 Å². The summed E-state index contributed by atoms with van der Waals surface area (Å²) in [4.78, 5) is 0. The fraction of sp³-hybridized carbons (Fsp3) is 0.200. The van der Waals surface area contributed by atoms with Crippen LogP contribution >= 0.6 is 10.1 Å². The van der Waals surface area contributed by atoms with E-state index in [1.165, 1.54) is 20.1 Å². The number of hydrogen-bond acceptors (Lipinski definition) is 1. The third-order valence-electron chi connectivity index (χ3n) is 3.81. The Balaban J connectivity index is 2.10. The summed E-state index contributed by atoms with van der Waals surface area (Å²) >= 11 is -2.67. The van der Waals surface area contributed by atoms with Crippen molar-refractivity contribution >= 4 is 31.3 Å². The Bertz CT molecular complexity index is 578. The van der Waals surface area contributed by atoms with Crippen molar-refractivity contribution in [1.82, 2.24) is 0 Å². The van der Waals surface area contributed by atoms with E-state index < -0.39 is 12.3 Å². The molecule has 5 rings (SSSR count). The minimum atomic E-state index is -2.67. The van der Waals surface area contributed by atoms with Gasteiger partial charge in [-0.1, -0.05) is 0 Å². The molecule has 0 unspecified atom stereocenters. The summed E-state index contributed by atoms with van der Waals surface area (Å²) in [6.45, 7) is 0.775. The summed E-state index contributed by atoms with van der Waals surface area (Å²) in [6.07, 6.45) is 1.04. The van der Waals surface area contributed by atoms with Crippen molar-refractivity contribution in [2.45, 2.75) is 12.3 Å². The van der Waals surface area contributed by atoms with Gasteiger partial charge < -0.3 is 0 Å². The Labute approximate surface area is 114 Å². The second-order valence-corrected chi connectivity index (χ2v) is 11.4. The van der Waals surface area contributed by atoms with Gasteiger partial charge in [-0.25, -0.2) is 0 Å². The second-order valence-electron chi connectivity index (χ2n) is 4.72. The minimum absolute atomic E-state index is 0.462. The molecule has 2 aromatic rings. The molecule has 3 heteroatoms. The predicted octanol–water partition coefficient (Wildman–Crippen LogP) is 2.35. The first-order valence-electron chi connectivity index (χ1n) is 6.16. The van der Waals surface area contributed by atoms with Gasteiger partial charge in [-0.15, -0.1) is 0 Å². The van der Waals surface area contributed by atoms with E-state index in [4.69, 9.17) is 13.9 Å². The molecule has 2 aromatic carbocycles. The van der Waals surface area contributed by atoms with Gasteiger partial charge in [-0.05, 0) is 0 Å². The molecule has 1 nitrogen and oxygen atoms in total. The van der Waals surface area contributed by atoms with Crippen LogP contribution in [-0.4, -0.2) is 18.9 Å². The van der Waals surface area contributed by atoms with Crippen molar-refractivity contribution in [3.63, 3.8) is 0 Å². The van der Waals surface area contributed by atoms with Gasteiger partial charge in [0, 0.05) is 0 Å². The molecule has 0 amide bonds. The molecule has 3 heterocycles. The molecule has 0 fully saturated rings. The van der Waals surface area contributed by atoms with E-state index in [0.717, 1.165) is 13.0 Å². The van der Waals surface area contributed by atoms with Gasteiger partial charge in [0.2, 0.25) is 0 Å². The first kappa shape index (κ1) is 11.1. The van der Waals surface area contributed by atoms with Crippen LogP contribution in [-0.2, 0) is 3.82 Å². The van der Waals surface area contributed by atoms with Crippen LogP contribution in [0.25, 0.3) is 0 Å². The number of hydrogen-bond donors (Lipinski definition) is 0. The van der Waals surface area contributed by atoms with Crippen molar-refractivity contribution in [2.75, 3.05) is 6.61 Å². The quantitative estimate of drug-likeness (QED) is 0.676. The summed E-state index contributed by atoms with van der Waals surface area (Å²) in [5, 5.41) is 0. The molecule has 0 atom stereocenters. The van der Waals surface area contributed by atoms with E-state index in [-0.39, 0.29) is 0 Å². The fourth-order valence-electron chi connectivity index (χ4n) is 3.02. The zero-order valence-electron chi connectivity index (χ0n) is 9.80. The molecule has 18 heavy (non-hydrogen) atoms. The molecule has 92 valence electrons. The van der Waals surface area contributed by atoms with Gasteiger partial charge in [0.25, 0.3) is 0 Å². The average Bonchev–Trinajstić information content (AvgIpc) is 2.66. The van der Waals surface area contributed by atoms with Crippen LogP contribution in [0.3, 0.4) is 0 Å². The van der Waals surface area contributed by atoms with Crippen molar-refractivity contribution in [2.24, 2.45) is 0 Å². The third-order valence-corrected chi connectivity index (χ3v) is 11.0. The molecule has 2 bridgehead atoms. The van der Waals surface area contributed by atoms with Crippen molar-refractivity contribution in [3.8, 4) is 0 Å². The van der Waals surface area contributed by atoms with Crippen molar-refractivity contribution in [1.29, 1.82) is 0 Å². The average molecular weight is 324 g/mol. The zero-order chi connectivity index (χ0) is 12.2. The van der Waals surface area contributed by atoms with Crippen LogP contribution in [0.4, 0.5) is 0 Å². The monoisotopic (exact) mass is 324 g/mol. The van der Waals surface area contributed by atoms with Gasteiger partial charge in [0.15, 0.2) is 0 Å². The topological polar surface area (TPSA) is 9.23 Å². The van der Waals surface area contributed by atoms with E-state index in [0.29, 0.717) is 5.92 Å². The van der Waals surface area contributed by atoms with Crippen LogP contribution in [0, 0.1) is 0 Å². The van der Waals surface area contributed by atoms with E-state index in [1.807, 2.05) is 0 Å². The molecule has 0 aliphatic carbocycles. The van der Waals surface area contributed by atoms with E-state index in [2.05, 4.69) is 48.5 Å². The molecule has 3 aliphatic rings. The van der Waals surface area contributed by atoms with Crippen LogP contribution in [0.2, 0.25) is 0 Å². The van der Waals surface area contributed by atoms with Crippen LogP contribution in [0.1, 0.15) is 23.5 Å². The van der Waals surface area contributed by atoms with Gasteiger partial charge in [0.1, 0.15) is 0 Å². The number of rotatable bonds is 0. The van der Waals surface area contributed by atoms with Gasteiger partial charge in [-0.3, -0.25) is 0 Å². The summed E-state index contributed by atoms with van der Waals surface area (Å²) < 4.78 is 8.71. The first-order valence-corrected chi connectivity index (χ1v) is 10.8. The van der Waals surface area contributed by atoms with Gasteiger partial charge >= 0.3 is 114 Å². The first-order chi connectivity index (χ1) is 8.81. The van der Waals surface area contributed by atoms with E-state index >= 15 is 0 Å². The number of fused-ring (bicyclic) bond motifs is 2. The summed E-state index contributed by atoms with van der Waals surface area (Å²) in [5.74, 6) is 0.462. The Hall–Kier alpha value is -0.791. The second kappa shape index (κ2) is 3.85. The Kier molecular flexibility index (Phi) is 2.37. The molecule has 0 spiro atoms. The molecule has 0 aromatic heterocycles. The molecule has 0 saturated carbocycles. The maximum absolute atomic E-state index is 7.00. The maximum atomic E-state index is 7.00. The number of benzene rings is 2. The molecule has 3 aliphatic heterocycles.